The van der Waals surface area contributed by atoms with Gasteiger partial charge in [0.05, 0.1) is 27.0 Å². The Hall–Kier alpha value is -10.1. The van der Waals surface area contributed by atoms with Crippen LogP contribution in [0.1, 0.15) is 128 Å². The Morgan fingerprint density at radius 1 is 0.407 bits per heavy atom. The van der Waals surface area contributed by atoms with Crippen LogP contribution in [0.4, 0.5) is 40.2 Å². The smallest absolute Gasteiger partial charge is 0.410 e. The highest BCUT2D eigenvalue weighted by atomic mass is 35.5. The lowest BCUT2D eigenvalue weighted by Gasteiger charge is -2.35. The molecule has 6 aromatic carbocycles. The quantitative estimate of drug-likeness (QED) is 0.0694. The average molecular weight is 1670 g/mol. The number of halogens is 9. The van der Waals surface area contributed by atoms with Crippen LogP contribution in [-0.2, 0) is 9.47 Å². The van der Waals surface area contributed by atoms with Gasteiger partial charge in [-0.3, -0.25) is 14.4 Å². The molecule has 596 valence electrons. The maximum atomic E-state index is 14.0. The van der Waals surface area contributed by atoms with Crippen molar-refractivity contribution in [2.45, 2.75) is 91.8 Å². The number of amides is 5. The number of pyridine rings is 2. The van der Waals surface area contributed by atoms with E-state index in [1.165, 1.54) is 42.6 Å². The van der Waals surface area contributed by atoms with Crippen molar-refractivity contribution in [3.8, 4) is 50.9 Å². The molecule has 0 bridgehead atoms. The number of hydrogen-bond acceptors (Lipinski definition) is 18. The molecule has 23 nitrogen and oxygen atoms in total. The molecule has 12 rings (SSSR count). The number of piperazine rings is 3. The molecule has 113 heavy (non-hydrogen) atoms. The van der Waals surface area contributed by atoms with Gasteiger partial charge in [-0.2, -0.15) is 0 Å². The zero-order valence-electron chi connectivity index (χ0n) is 63.2. The van der Waals surface area contributed by atoms with E-state index in [0.717, 1.165) is 29.8 Å². The molecule has 3 aromatic heterocycles. The van der Waals surface area contributed by atoms with Crippen molar-refractivity contribution in [1.29, 1.82) is 0 Å². The van der Waals surface area contributed by atoms with Gasteiger partial charge < -0.3 is 70.7 Å². The van der Waals surface area contributed by atoms with Crippen LogP contribution in [0.15, 0.2) is 140 Å². The summed E-state index contributed by atoms with van der Waals surface area (Å²) in [4.78, 5) is 89.0. The summed E-state index contributed by atoms with van der Waals surface area (Å²) in [5, 5.41) is 3.69. The van der Waals surface area contributed by atoms with Crippen molar-refractivity contribution in [3.05, 3.63) is 221 Å². The fraction of sp³-hybridized carbons (Fsp3) is 0.321. The van der Waals surface area contributed by atoms with Gasteiger partial charge in [0.15, 0.2) is 29.0 Å². The molecule has 6 heterocycles. The van der Waals surface area contributed by atoms with Gasteiger partial charge in [0, 0.05) is 156 Å². The summed E-state index contributed by atoms with van der Waals surface area (Å²) in [7, 11) is 0. The van der Waals surface area contributed by atoms with Gasteiger partial charge in [-0.05, 0) is 158 Å². The molecule has 0 spiro atoms. The summed E-state index contributed by atoms with van der Waals surface area (Å²) in [5.74, 6) is -1.05. The van der Waals surface area contributed by atoms with E-state index in [1.54, 1.807) is 113 Å². The minimum absolute atomic E-state index is 0.0141. The molecular formula is C81H84Cl6F3N13O10. The Kier molecular flexibility index (Phi) is 28.2. The Labute approximate surface area is 682 Å². The Balaban J connectivity index is 0.000000181. The normalized spacial score (nSPS) is 14.6. The Morgan fingerprint density at radius 2 is 0.717 bits per heavy atom. The second kappa shape index (κ2) is 37.3. The van der Waals surface area contributed by atoms with E-state index >= 15 is 0 Å². The largest absolute Gasteiger partial charge is 0.482 e. The predicted molar refractivity (Wildman–Crippen MR) is 433 cm³/mol. The van der Waals surface area contributed by atoms with Crippen LogP contribution in [0.25, 0.3) is 33.5 Å². The molecule has 3 atom stereocenters. The molecule has 5 amide bonds. The minimum Gasteiger partial charge on any atom is -0.482 e. The van der Waals surface area contributed by atoms with Crippen LogP contribution in [0.2, 0.25) is 30.1 Å². The third kappa shape index (κ3) is 21.8. The maximum absolute atomic E-state index is 14.0. The van der Waals surface area contributed by atoms with Gasteiger partial charge in [-0.15, -0.1) is 0 Å². The third-order valence-corrected chi connectivity index (χ3v) is 20.2. The molecule has 32 heteroatoms. The van der Waals surface area contributed by atoms with E-state index in [-0.39, 0.29) is 89.7 Å². The monoisotopic (exact) mass is 1670 g/mol. The number of nitrogens with two attached hydrogens (primary N) is 3. The van der Waals surface area contributed by atoms with Crippen LogP contribution in [0.3, 0.4) is 0 Å². The van der Waals surface area contributed by atoms with Gasteiger partial charge in [0.2, 0.25) is 0 Å². The first kappa shape index (κ1) is 85.4. The van der Waals surface area contributed by atoms with Gasteiger partial charge in [0.25, 0.3) is 23.6 Å². The molecule has 0 radical (unpaired) electrons. The molecule has 3 aliphatic heterocycles. The highest BCUT2D eigenvalue weighted by Gasteiger charge is 2.32. The highest BCUT2D eigenvalue weighted by Crippen LogP contribution is 2.41. The van der Waals surface area contributed by atoms with Crippen molar-refractivity contribution >= 4 is 117 Å². The molecule has 7 N–H and O–H groups in total. The summed E-state index contributed by atoms with van der Waals surface area (Å²) >= 11 is 37.0. The number of benzene rings is 6. The molecular weight excluding hydrogens is 1580 g/mol. The number of anilines is 3. The standard InChI is InChI=1S/C29H31Cl2FN4O4.C28H30Cl2FN5O4.C24H23Cl2FN4O2/c1-17(24-21(30)9-10-22(32)25(24)31)39-23-15-20(16-34-26(23)33)18-5-7-19(8-6-18)27(37)35-11-13-36(14-12-35)28(38)40-29(2,3)4;1-16(22-19(29)9-10-20(31)23(22)30)39-25-24(32)33-15-21(34-25)17-5-7-18(8-6-17)26(37)35-11-13-36(14-12-35)27(38)40-28(2,3)4;1-14(21-18(25)6-7-19(27)22(21)26)33-20-12-17(13-30-23(20)28)15-2-4-16(5-3-15)24(32)31-10-8-29-9-11-31/h5-10,15-17H,11-14H2,1-4H3,(H2,33,34);5-10,15-16H,11-14H2,1-4H3,(H2,32,33);2-7,12-14,29H,8-11H2,1H3,(H2,28,30). The number of nitrogens with one attached hydrogen (secondary N) is 1. The molecule has 3 saturated heterocycles. The number of ether oxygens (including phenoxy) is 5. The van der Waals surface area contributed by atoms with Gasteiger partial charge in [-0.1, -0.05) is 106 Å². The molecule has 3 aliphatic rings. The fourth-order valence-electron chi connectivity index (χ4n) is 12.1. The van der Waals surface area contributed by atoms with Gasteiger partial charge in [-0.25, -0.2) is 42.7 Å². The third-order valence-electron chi connectivity index (χ3n) is 18.1. The number of rotatable bonds is 15. The lowest BCUT2D eigenvalue weighted by Crippen LogP contribution is -2.51. The Morgan fingerprint density at radius 3 is 1.06 bits per heavy atom. The van der Waals surface area contributed by atoms with E-state index < -0.39 is 47.0 Å². The summed E-state index contributed by atoms with van der Waals surface area (Å²) < 4.78 is 70.6. The molecule has 0 saturated carbocycles. The van der Waals surface area contributed by atoms with E-state index in [2.05, 4.69) is 25.3 Å². The highest BCUT2D eigenvalue weighted by molar-refractivity contribution is 6.37. The van der Waals surface area contributed by atoms with Crippen molar-refractivity contribution in [3.63, 3.8) is 0 Å². The Bertz CT molecular complexity index is 4740. The van der Waals surface area contributed by atoms with Gasteiger partial charge >= 0.3 is 12.2 Å². The van der Waals surface area contributed by atoms with Crippen LogP contribution in [-0.4, -0.2) is 164 Å². The van der Waals surface area contributed by atoms with Crippen LogP contribution in [0, 0.1) is 17.5 Å². The van der Waals surface area contributed by atoms with Gasteiger partial charge in [0.1, 0.15) is 47.0 Å². The van der Waals surface area contributed by atoms with Crippen molar-refractivity contribution in [2.24, 2.45) is 0 Å². The van der Waals surface area contributed by atoms with Crippen LogP contribution >= 0.6 is 69.6 Å². The van der Waals surface area contributed by atoms with Crippen LogP contribution < -0.4 is 36.7 Å². The SMILES string of the molecule is CC(Oc1cc(-c2ccc(C(=O)N3CCN(C(=O)OC(C)(C)C)CC3)cc2)cnc1N)c1c(Cl)ccc(F)c1Cl.CC(Oc1cc(-c2ccc(C(=O)N3CCNCC3)cc2)cnc1N)c1c(Cl)ccc(F)c1Cl.CC(Oc1nc(-c2ccc(C(=O)N3CCN(C(=O)OC(C)(C)C)CC3)cc2)cnc1N)c1c(Cl)ccc(F)c1Cl. The zero-order chi connectivity index (χ0) is 81.9. The number of hydrogen-bond donors (Lipinski definition) is 4. The number of nitrogens with zero attached hydrogens (tertiary/aromatic N) is 9. The molecule has 3 unspecified atom stereocenters. The first-order valence-corrected chi connectivity index (χ1v) is 38.2. The first-order valence-electron chi connectivity index (χ1n) is 35.9. The summed E-state index contributed by atoms with van der Waals surface area (Å²) in [6.45, 7) is 22.2. The number of aromatic nitrogens is 4. The number of carbonyl (C=O) groups excluding carboxylic acids is 5. The summed E-state index contributed by atoms with van der Waals surface area (Å²) in [6, 6.07) is 32.6. The lowest BCUT2D eigenvalue weighted by atomic mass is 10.0. The predicted octanol–water partition coefficient (Wildman–Crippen LogP) is 17.6. The van der Waals surface area contributed by atoms with Crippen LogP contribution in [0.5, 0.6) is 17.4 Å². The van der Waals surface area contributed by atoms with Crippen molar-refractivity contribution in [2.75, 3.05) is 95.7 Å². The van der Waals surface area contributed by atoms with E-state index in [0.29, 0.717) is 121 Å². The average Bonchev–Trinajstić information content (AvgIpc) is 0.804. The topological polar surface area (TPSA) is 289 Å². The van der Waals surface area contributed by atoms with Crippen molar-refractivity contribution < 1.29 is 60.8 Å². The minimum atomic E-state index is -0.765. The lowest BCUT2D eigenvalue weighted by molar-refractivity contribution is 0.0136. The number of carbonyl (C=O) groups is 5. The second-order valence-corrected chi connectivity index (χ2v) is 30.9. The number of nitrogen functional groups attached to an aromatic ring is 3. The summed E-state index contributed by atoms with van der Waals surface area (Å²) in [6.07, 6.45) is 1.82. The summed E-state index contributed by atoms with van der Waals surface area (Å²) in [5.41, 5.74) is 23.7. The van der Waals surface area contributed by atoms with Crippen molar-refractivity contribution in [1.82, 2.24) is 49.8 Å². The zero-order valence-corrected chi connectivity index (χ0v) is 67.8. The first-order chi connectivity index (χ1) is 53.5. The second-order valence-electron chi connectivity index (χ2n) is 28.5. The molecule has 9 aromatic rings. The van der Waals surface area contributed by atoms with E-state index in [9.17, 15) is 37.1 Å². The molecule has 0 aliphatic carbocycles. The maximum Gasteiger partial charge on any atom is 0.410 e. The van der Waals surface area contributed by atoms with E-state index in [1.807, 2.05) is 70.7 Å². The fourth-order valence-corrected chi connectivity index (χ4v) is 14.2. The van der Waals surface area contributed by atoms with E-state index in [4.69, 9.17) is 110 Å². The molecule has 3 fully saturated rings.